The first-order valence-corrected chi connectivity index (χ1v) is 10.2. The number of amides is 1. The SMILES string of the molecule is COC(=O)c1c(-c2ccc(Cl)cc2)csc1NC(=O)[C@@]1(C)CC1(Br)Br. The fraction of sp³-hybridized carbons (Fsp3) is 0.294. The number of ether oxygens (including phenoxy) is 1. The summed E-state index contributed by atoms with van der Waals surface area (Å²) in [5.74, 6) is -0.651. The van der Waals surface area contributed by atoms with Crippen LogP contribution in [0.15, 0.2) is 29.6 Å². The predicted molar refractivity (Wildman–Crippen MR) is 108 cm³/mol. The van der Waals surface area contributed by atoms with Crippen LogP contribution in [0.5, 0.6) is 0 Å². The van der Waals surface area contributed by atoms with Crippen molar-refractivity contribution in [2.75, 3.05) is 12.4 Å². The molecular formula is C17H14Br2ClNO3S. The highest BCUT2D eigenvalue weighted by atomic mass is 79.9. The molecular weight excluding hydrogens is 494 g/mol. The summed E-state index contributed by atoms with van der Waals surface area (Å²) in [6, 6.07) is 7.16. The van der Waals surface area contributed by atoms with Crippen LogP contribution in [0.3, 0.4) is 0 Å². The maximum absolute atomic E-state index is 12.6. The second kappa shape index (κ2) is 6.68. The van der Waals surface area contributed by atoms with Gasteiger partial charge in [-0.25, -0.2) is 4.79 Å². The van der Waals surface area contributed by atoms with Crippen LogP contribution in [0.1, 0.15) is 23.7 Å². The van der Waals surface area contributed by atoms with Crippen LogP contribution in [0.4, 0.5) is 5.00 Å². The molecule has 0 radical (unpaired) electrons. The Morgan fingerprint density at radius 2 is 1.88 bits per heavy atom. The molecule has 0 unspecified atom stereocenters. The first kappa shape index (κ1) is 18.9. The molecule has 1 atom stereocenters. The zero-order chi connectivity index (χ0) is 18.4. The van der Waals surface area contributed by atoms with Crippen LogP contribution >= 0.6 is 54.8 Å². The Labute approximate surface area is 171 Å². The van der Waals surface area contributed by atoms with Crippen molar-refractivity contribution in [3.8, 4) is 11.1 Å². The summed E-state index contributed by atoms with van der Waals surface area (Å²) in [7, 11) is 1.32. The Morgan fingerprint density at radius 3 is 2.40 bits per heavy atom. The van der Waals surface area contributed by atoms with E-state index in [2.05, 4.69) is 37.2 Å². The number of thiophene rings is 1. The molecule has 1 amide bonds. The number of esters is 1. The van der Waals surface area contributed by atoms with Crippen molar-refractivity contribution in [3.63, 3.8) is 0 Å². The zero-order valence-electron chi connectivity index (χ0n) is 13.4. The smallest absolute Gasteiger partial charge is 0.341 e. The van der Waals surface area contributed by atoms with E-state index in [1.165, 1.54) is 18.4 Å². The van der Waals surface area contributed by atoms with Gasteiger partial charge in [0, 0.05) is 16.0 Å². The monoisotopic (exact) mass is 505 g/mol. The third-order valence-corrected chi connectivity index (χ3v) is 7.78. The molecule has 0 aliphatic heterocycles. The number of hydrogen-bond acceptors (Lipinski definition) is 4. The normalized spacial score (nSPS) is 20.8. The Morgan fingerprint density at radius 1 is 1.28 bits per heavy atom. The molecule has 0 spiro atoms. The number of nitrogens with one attached hydrogen (secondary N) is 1. The number of methoxy groups -OCH3 is 1. The summed E-state index contributed by atoms with van der Waals surface area (Å²) in [6.07, 6.45) is 0.662. The van der Waals surface area contributed by atoms with Gasteiger partial charge in [0.05, 0.1) is 15.8 Å². The van der Waals surface area contributed by atoms with Crippen LogP contribution < -0.4 is 5.32 Å². The Bertz CT molecular complexity index is 850. The summed E-state index contributed by atoms with van der Waals surface area (Å²) in [5, 5.41) is 5.80. The van der Waals surface area contributed by atoms with Gasteiger partial charge in [0.2, 0.25) is 5.91 Å². The van der Waals surface area contributed by atoms with E-state index in [-0.39, 0.29) is 5.91 Å². The molecule has 1 N–H and O–H groups in total. The first-order valence-electron chi connectivity index (χ1n) is 7.34. The van der Waals surface area contributed by atoms with Crippen molar-refractivity contribution in [1.82, 2.24) is 0 Å². The van der Waals surface area contributed by atoms with E-state index < -0.39 is 14.6 Å². The van der Waals surface area contributed by atoms with Gasteiger partial charge in [0.25, 0.3) is 0 Å². The molecule has 1 heterocycles. The molecule has 0 bridgehead atoms. The number of rotatable bonds is 4. The van der Waals surface area contributed by atoms with E-state index in [1.807, 2.05) is 24.4 Å². The Balaban J connectivity index is 1.96. The maximum Gasteiger partial charge on any atom is 0.341 e. The fourth-order valence-corrected chi connectivity index (χ4v) is 5.04. The van der Waals surface area contributed by atoms with Crippen LogP contribution in [0.25, 0.3) is 11.1 Å². The fourth-order valence-electron chi connectivity index (χ4n) is 2.48. The van der Waals surface area contributed by atoms with Crippen LogP contribution in [-0.4, -0.2) is 22.2 Å². The minimum Gasteiger partial charge on any atom is -0.465 e. The van der Waals surface area contributed by atoms with Crippen molar-refractivity contribution < 1.29 is 14.3 Å². The van der Waals surface area contributed by atoms with Crippen LogP contribution in [0, 0.1) is 5.41 Å². The lowest BCUT2D eigenvalue weighted by Gasteiger charge is -2.13. The van der Waals surface area contributed by atoms with Crippen molar-refractivity contribution in [2.45, 2.75) is 16.6 Å². The molecule has 1 fully saturated rings. The zero-order valence-corrected chi connectivity index (χ0v) is 18.1. The van der Waals surface area contributed by atoms with Crippen LogP contribution in [-0.2, 0) is 9.53 Å². The van der Waals surface area contributed by atoms with E-state index >= 15 is 0 Å². The molecule has 1 aromatic carbocycles. The Kier molecular flexibility index (Phi) is 5.05. The summed E-state index contributed by atoms with van der Waals surface area (Å²) in [4.78, 5) is 25.0. The number of carbonyl (C=O) groups excluding carboxylic acids is 2. The maximum atomic E-state index is 12.6. The van der Waals surface area contributed by atoms with Gasteiger partial charge in [-0.1, -0.05) is 55.6 Å². The van der Waals surface area contributed by atoms with Crippen molar-refractivity contribution in [1.29, 1.82) is 0 Å². The number of benzene rings is 1. The second-order valence-corrected chi connectivity index (χ2v) is 11.1. The van der Waals surface area contributed by atoms with Gasteiger partial charge >= 0.3 is 5.97 Å². The quantitative estimate of drug-likeness (QED) is 0.427. The first-order chi connectivity index (χ1) is 11.7. The highest BCUT2D eigenvalue weighted by molar-refractivity contribution is 9.25. The van der Waals surface area contributed by atoms with Gasteiger partial charge in [-0.15, -0.1) is 11.3 Å². The van der Waals surface area contributed by atoms with E-state index in [9.17, 15) is 9.59 Å². The molecule has 0 saturated heterocycles. The Hall–Kier alpha value is -0.890. The van der Waals surface area contributed by atoms with Crippen molar-refractivity contribution in [3.05, 3.63) is 40.2 Å². The van der Waals surface area contributed by atoms with Gasteiger partial charge in [0.1, 0.15) is 10.6 Å². The van der Waals surface area contributed by atoms with Gasteiger partial charge in [-0.2, -0.15) is 0 Å². The summed E-state index contributed by atoms with van der Waals surface area (Å²) < 4.78 is 4.51. The summed E-state index contributed by atoms with van der Waals surface area (Å²) >= 11 is 14.2. The minimum absolute atomic E-state index is 0.157. The molecule has 1 aliphatic rings. The second-order valence-electron chi connectivity index (χ2n) is 6.02. The lowest BCUT2D eigenvalue weighted by atomic mass is 10.0. The standard InChI is InChI=1S/C17H14Br2ClNO3S/c1-16(8-17(16,18)19)15(23)21-13-12(14(22)24-2)11(7-25-13)9-3-5-10(20)6-4-9/h3-7H,8H2,1-2H3,(H,21,23)/t16-/m1/s1. The highest BCUT2D eigenvalue weighted by Crippen LogP contribution is 2.66. The van der Waals surface area contributed by atoms with Gasteiger partial charge < -0.3 is 10.1 Å². The van der Waals surface area contributed by atoms with Gasteiger partial charge in [0.15, 0.2) is 0 Å². The van der Waals surface area contributed by atoms with Gasteiger partial charge in [-0.05, 0) is 31.0 Å². The van der Waals surface area contributed by atoms with Crippen molar-refractivity contribution in [2.24, 2.45) is 5.41 Å². The van der Waals surface area contributed by atoms with Gasteiger partial charge in [-0.3, -0.25) is 4.79 Å². The molecule has 1 saturated carbocycles. The summed E-state index contributed by atoms with van der Waals surface area (Å²) in [6.45, 7) is 1.86. The van der Waals surface area contributed by atoms with E-state index in [1.54, 1.807) is 12.1 Å². The molecule has 8 heteroatoms. The van der Waals surface area contributed by atoms with Crippen LogP contribution in [0.2, 0.25) is 5.02 Å². The van der Waals surface area contributed by atoms with E-state index in [0.717, 1.165) is 5.56 Å². The van der Waals surface area contributed by atoms with E-state index in [4.69, 9.17) is 16.3 Å². The largest absolute Gasteiger partial charge is 0.465 e. The molecule has 2 aromatic rings. The number of carbonyl (C=O) groups is 2. The predicted octanol–water partition coefficient (Wildman–Crippen LogP) is 5.69. The molecule has 132 valence electrons. The average molecular weight is 508 g/mol. The third kappa shape index (κ3) is 3.39. The summed E-state index contributed by atoms with van der Waals surface area (Å²) in [5.41, 5.74) is 1.30. The highest BCUT2D eigenvalue weighted by Gasteiger charge is 2.66. The minimum atomic E-state index is -0.579. The molecule has 4 nitrogen and oxygen atoms in total. The third-order valence-electron chi connectivity index (χ3n) is 4.32. The molecule has 3 rings (SSSR count). The average Bonchev–Trinajstić information content (AvgIpc) is 2.91. The van der Waals surface area contributed by atoms with Crippen molar-refractivity contribution >= 4 is 71.7 Å². The lowest BCUT2D eigenvalue weighted by Crippen LogP contribution is -2.26. The molecule has 1 aromatic heterocycles. The number of hydrogen-bond donors (Lipinski definition) is 1. The molecule has 25 heavy (non-hydrogen) atoms. The lowest BCUT2D eigenvalue weighted by molar-refractivity contribution is -0.120. The topological polar surface area (TPSA) is 55.4 Å². The molecule has 1 aliphatic carbocycles. The number of halogens is 3. The van der Waals surface area contributed by atoms with E-state index in [0.29, 0.717) is 27.6 Å². The number of alkyl halides is 2. The number of anilines is 1.